The Morgan fingerprint density at radius 1 is 1.14 bits per heavy atom. The number of piperidine rings is 1. The zero-order valence-corrected chi connectivity index (χ0v) is 20.3. The van der Waals surface area contributed by atoms with Gasteiger partial charge in [-0.2, -0.15) is 0 Å². The summed E-state index contributed by atoms with van der Waals surface area (Å²) in [5.41, 5.74) is 0.751. The lowest BCUT2D eigenvalue weighted by Gasteiger charge is -2.37. The highest BCUT2D eigenvalue weighted by atomic mass is 35.5. The quantitative estimate of drug-likeness (QED) is 0.330. The van der Waals surface area contributed by atoms with Crippen LogP contribution >= 0.6 is 23.2 Å². The Labute approximate surface area is 211 Å². The zero-order valence-electron chi connectivity index (χ0n) is 18.7. The Balaban J connectivity index is 1.82. The van der Waals surface area contributed by atoms with Gasteiger partial charge >= 0.3 is 12.0 Å². The predicted octanol–water partition coefficient (Wildman–Crippen LogP) is 4.67. The van der Waals surface area contributed by atoms with Crippen molar-refractivity contribution < 1.29 is 29.4 Å². The second-order valence-electron chi connectivity index (χ2n) is 8.36. The van der Waals surface area contributed by atoms with E-state index in [0.29, 0.717) is 37.5 Å². The van der Waals surface area contributed by atoms with Crippen molar-refractivity contribution in [2.24, 2.45) is 0 Å². The van der Waals surface area contributed by atoms with Crippen LogP contribution in [0.25, 0.3) is 22.6 Å². The fourth-order valence-corrected chi connectivity index (χ4v) is 4.64. The number of oxazole rings is 1. The van der Waals surface area contributed by atoms with E-state index in [9.17, 15) is 25.0 Å². The highest BCUT2D eigenvalue weighted by Crippen LogP contribution is 2.43. The highest BCUT2D eigenvalue weighted by Gasteiger charge is 2.49. The molecule has 0 saturated carbocycles. The number of halogens is 2. The summed E-state index contributed by atoms with van der Waals surface area (Å²) in [5.74, 6) is -0.844. The molecular formula is C24H23Cl2N3O6. The van der Waals surface area contributed by atoms with Crippen molar-refractivity contribution in [3.63, 3.8) is 0 Å². The number of urea groups is 1. The Kier molecular flexibility index (Phi) is 7.05. The lowest BCUT2D eigenvalue weighted by molar-refractivity contribution is -0.147. The van der Waals surface area contributed by atoms with Gasteiger partial charge in [0.25, 0.3) is 0 Å². The number of nitrogens with zero attached hydrogens (tertiary/aromatic N) is 3. The molecular weight excluding hydrogens is 497 g/mol. The molecule has 1 aliphatic rings. The van der Waals surface area contributed by atoms with Crippen LogP contribution < -0.4 is 0 Å². The van der Waals surface area contributed by atoms with E-state index in [1.165, 1.54) is 11.9 Å². The molecule has 11 heteroatoms. The third kappa shape index (κ3) is 4.72. The van der Waals surface area contributed by atoms with Crippen LogP contribution in [0.15, 0.2) is 46.9 Å². The van der Waals surface area contributed by atoms with Crippen LogP contribution in [0.3, 0.4) is 0 Å². The van der Waals surface area contributed by atoms with Crippen molar-refractivity contribution >= 4 is 35.2 Å². The van der Waals surface area contributed by atoms with Crippen molar-refractivity contribution in [2.45, 2.75) is 24.9 Å². The van der Waals surface area contributed by atoms with Gasteiger partial charge in [0, 0.05) is 36.3 Å². The Hall–Kier alpha value is -3.11. The van der Waals surface area contributed by atoms with Crippen molar-refractivity contribution in [3.8, 4) is 22.6 Å². The molecule has 3 N–H and O–H groups in total. The Morgan fingerprint density at radius 2 is 1.80 bits per heavy atom. The maximum Gasteiger partial charge on any atom is 0.343 e. The minimum atomic E-state index is -1.48. The first kappa shape index (κ1) is 25.0. The number of likely N-dealkylation sites (tertiary alicyclic amines) is 1. The molecule has 0 spiro atoms. The minimum absolute atomic E-state index is 0.00305. The SMILES string of the molecule is CN(O)C(=O)N1CCC(C(=O)O)(c2nc(-c3ccc(CO)cc3)c(-c3ccc(Cl)cc3Cl)o2)CC1. The van der Waals surface area contributed by atoms with E-state index < -0.39 is 17.4 Å². The van der Waals surface area contributed by atoms with Gasteiger partial charge in [0.15, 0.2) is 5.76 Å². The molecule has 35 heavy (non-hydrogen) atoms. The number of hydroxylamine groups is 2. The molecule has 1 aromatic heterocycles. The van der Waals surface area contributed by atoms with Gasteiger partial charge < -0.3 is 19.5 Å². The van der Waals surface area contributed by atoms with Gasteiger partial charge in [-0.1, -0.05) is 47.5 Å². The summed E-state index contributed by atoms with van der Waals surface area (Å²) in [4.78, 5) is 30.7. The number of rotatable bonds is 5. The number of hydrogen-bond donors (Lipinski definition) is 3. The molecule has 0 bridgehead atoms. The molecule has 2 aromatic carbocycles. The largest absolute Gasteiger partial charge is 0.480 e. The van der Waals surface area contributed by atoms with Crippen LogP contribution in [0.5, 0.6) is 0 Å². The summed E-state index contributed by atoms with van der Waals surface area (Å²) >= 11 is 12.5. The van der Waals surface area contributed by atoms with Gasteiger partial charge in [-0.3, -0.25) is 10.0 Å². The van der Waals surface area contributed by atoms with Crippen LogP contribution in [0, 0.1) is 0 Å². The van der Waals surface area contributed by atoms with Crippen molar-refractivity contribution in [2.75, 3.05) is 20.1 Å². The molecule has 3 aromatic rings. The molecule has 0 atom stereocenters. The first-order valence-corrected chi connectivity index (χ1v) is 11.5. The summed E-state index contributed by atoms with van der Waals surface area (Å²) in [6, 6.07) is 11.2. The lowest BCUT2D eigenvalue weighted by atomic mass is 9.78. The molecule has 1 aliphatic heterocycles. The number of carbonyl (C=O) groups is 2. The van der Waals surface area contributed by atoms with E-state index >= 15 is 0 Å². The van der Waals surface area contributed by atoms with Gasteiger partial charge in [0.2, 0.25) is 5.89 Å². The normalized spacial score (nSPS) is 15.2. The molecule has 0 aliphatic carbocycles. The fraction of sp³-hybridized carbons (Fsp3) is 0.292. The number of hydrogen-bond acceptors (Lipinski definition) is 6. The average molecular weight is 520 g/mol. The van der Waals surface area contributed by atoms with Gasteiger partial charge in [0.1, 0.15) is 11.1 Å². The smallest absolute Gasteiger partial charge is 0.343 e. The molecule has 9 nitrogen and oxygen atoms in total. The first-order valence-electron chi connectivity index (χ1n) is 10.8. The van der Waals surface area contributed by atoms with E-state index in [1.54, 1.807) is 42.5 Å². The van der Waals surface area contributed by atoms with Gasteiger partial charge in [-0.15, -0.1) is 0 Å². The van der Waals surface area contributed by atoms with Crippen LogP contribution in [0.4, 0.5) is 4.79 Å². The zero-order chi connectivity index (χ0) is 25.3. The number of carbonyl (C=O) groups excluding carboxylic acids is 1. The molecule has 0 radical (unpaired) electrons. The average Bonchev–Trinajstić information content (AvgIpc) is 3.29. The molecule has 2 amide bonds. The summed E-state index contributed by atoms with van der Waals surface area (Å²) in [6.07, 6.45) is 0.0816. The number of aliphatic carboxylic acids is 1. The summed E-state index contributed by atoms with van der Waals surface area (Å²) < 4.78 is 6.15. The maximum atomic E-state index is 12.5. The molecule has 4 rings (SSSR count). The number of aliphatic hydroxyl groups is 1. The van der Waals surface area contributed by atoms with Crippen LogP contribution in [-0.4, -0.2) is 62.5 Å². The molecule has 0 unspecified atom stereocenters. The van der Waals surface area contributed by atoms with Crippen LogP contribution in [0.2, 0.25) is 10.0 Å². The second-order valence-corrected chi connectivity index (χ2v) is 9.20. The molecule has 2 heterocycles. The highest BCUT2D eigenvalue weighted by molar-refractivity contribution is 6.36. The van der Waals surface area contributed by atoms with E-state index in [1.807, 2.05) is 0 Å². The van der Waals surface area contributed by atoms with E-state index in [2.05, 4.69) is 4.98 Å². The third-order valence-electron chi connectivity index (χ3n) is 6.20. The fourth-order valence-electron chi connectivity index (χ4n) is 4.15. The van der Waals surface area contributed by atoms with E-state index in [0.717, 1.165) is 0 Å². The number of carboxylic acid groups (broad SMARTS) is 1. The van der Waals surface area contributed by atoms with Crippen molar-refractivity contribution in [1.29, 1.82) is 0 Å². The van der Waals surface area contributed by atoms with E-state index in [-0.39, 0.29) is 44.2 Å². The van der Waals surface area contributed by atoms with Gasteiger partial charge in [-0.25, -0.2) is 14.8 Å². The topological polar surface area (TPSA) is 127 Å². The number of aromatic nitrogens is 1. The minimum Gasteiger partial charge on any atom is -0.480 e. The summed E-state index contributed by atoms with van der Waals surface area (Å²) in [7, 11) is 1.21. The van der Waals surface area contributed by atoms with Gasteiger partial charge in [0.05, 0.1) is 11.6 Å². The first-order chi connectivity index (χ1) is 16.7. The second kappa shape index (κ2) is 9.87. The number of carboxylic acids is 1. The maximum absolute atomic E-state index is 12.5. The molecule has 184 valence electrons. The molecule has 1 fully saturated rings. The van der Waals surface area contributed by atoms with Crippen molar-refractivity contribution in [1.82, 2.24) is 14.9 Å². The standard InChI is InChI=1S/C24H23Cl2N3O6/c1-28(34)23(33)29-10-8-24(9-11-29,22(31)32)21-27-19(15-4-2-14(13-30)3-5-15)20(35-21)17-7-6-16(25)12-18(17)26/h2-7,12,30,34H,8-11,13H2,1H3,(H,31,32). The lowest BCUT2D eigenvalue weighted by Crippen LogP contribution is -2.51. The monoisotopic (exact) mass is 519 g/mol. The third-order valence-corrected chi connectivity index (χ3v) is 6.74. The number of benzene rings is 2. The number of aliphatic hydroxyl groups excluding tert-OH is 1. The summed E-state index contributed by atoms with van der Waals surface area (Å²) in [6.45, 7) is 0.0620. The van der Waals surface area contributed by atoms with Crippen LogP contribution in [0.1, 0.15) is 24.3 Å². The number of amides is 2. The Bertz CT molecular complexity index is 1250. The van der Waals surface area contributed by atoms with E-state index in [4.69, 9.17) is 27.6 Å². The predicted molar refractivity (Wildman–Crippen MR) is 128 cm³/mol. The van der Waals surface area contributed by atoms with Gasteiger partial charge in [-0.05, 0) is 36.6 Å². The Morgan fingerprint density at radius 3 is 2.34 bits per heavy atom. The van der Waals surface area contributed by atoms with Crippen LogP contribution in [-0.2, 0) is 16.8 Å². The summed E-state index contributed by atoms with van der Waals surface area (Å²) in [5, 5.41) is 30.3. The molecule has 1 saturated heterocycles. The van der Waals surface area contributed by atoms with Crippen molar-refractivity contribution in [3.05, 3.63) is 64.0 Å².